The van der Waals surface area contributed by atoms with Crippen molar-refractivity contribution in [3.63, 3.8) is 0 Å². The quantitative estimate of drug-likeness (QED) is 0.263. The second kappa shape index (κ2) is 17.7. The number of carbonyl (C=O) groups is 1. The van der Waals surface area contributed by atoms with Gasteiger partial charge in [0.1, 0.15) is 0 Å². The summed E-state index contributed by atoms with van der Waals surface area (Å²) in [5.41, 5.74) is 0. The molecule has 0 bridgehead atoms. The number of hydrogen-bond acceptors (Lipinski definition) is 3. The van der Waals surface area contributed by atoms with Gasteiger partial charge in [0.2, 0.25) is 6.41 Å². The lowest BCUT2D eigenvalue weighted by molar-refractivity contribution is -0.111. The van der Waals surface area contributed by atoms with Gasteiger partial charge in [0.25, 0.3) is 0 Å². The highest BCUT2D eigenvalue weighted by Crippen LogP contribution is 2.13. The Labute approximate surface area is 143 Å². The van der Waals surface area contributed by atoms with Crippen molar-refractivity contribution in [1.29, 1.82) is 0 Å². The van der Waals surface area contributed by atoms with Crippen molar-refractivity contribution in [2.24, 2.45) is 0 Å². The predicted molar refractivity (Wildman–Crippen MR) is 96.4 cm³/mol. The van der Waals surface area contributed by atoms with Crippen LogP contribution in [-0.4, -0.2) is 35.4 Å². The van der Waals surface area contributed by atoms with E-state index in [4.69, 9.17) is 5.11 Å². The molecule has 0 radical (unpaired) electrons. The molecule has 0 fully saturated rings. The molecule has 3 N–H and O–H groups in total. The van der Waals surface area contributed by atoms with Crippen LogP contribution in [0.3, 0.4) is 0 Å². The van der Waals surface area contributed by atoms with Gasteiger partial charge in [-0.25, -0.2) is 0 Å². The molecular weight excluding hydrogens is 290 g/mol. The zero-order chi connectivity index (χ0) is 17.2. The fraction of sp³-hybridized carbons (Fsp3) is 0.947. The summed E-state index contributed by atoms with van der Waals surface area (Å²) in [6, 6.07) is -0.523. The van der Waals surface area contributed by atoms with Crippen LogP contribution in [0.1, 0.15) is 96.8 Å². The monoisotopic (exact) mass is 329 g/mol. The first-order chi connectivity index (χ1) is 11.3. The molecule has 4 nitrogen and oxygen atoms in total. The summed E-state index contributed by atoms with van der Waals surface area (Å²) in [6.45, 7) is 2.05. The number of hydrogen-bond donors (Lipinski definition) is 3. The Balaban J connectivity index is 3.25. The number of unbranched alkanes of at least 4 members (excludes halogenated alkanes) is 12. The molecule has 0 saturated heterocycles. The van der Waals surface area contributed by atoms with Gasteiger partial charge in [0.05, 0.1) is 18.8 Å². The van der Waals surface area contributed by atoms with E-state index in [1.807, 2.05) is 0 Å². The van der Waals surface area contributed by atoms with Gasteiger partial charge < -0.3 is 15.5 Å². The Hall–Kier alpha value is -0.610. The topological polar surface area (TPSA) is 69.6 Å². The van der Waals surface area contributed by atoms with Crippen LogP contribution in [0.25, 0.3) is 0 Å². The molecule has 0 aromatic heterocycles. The molecule has 0 aliphatic heterocycles. The van der Waals surface area contributed by atoms with E-state index in [-0.39, 0.29) is 6.61 Å². The smallest absolute Gasteiger partial charge is 0.207 e. The summed E-state index contributed by atoms with van der Waals surface area (Å²) in [6.07, 6.45) is 17.5. The first-order valence-corrected chi connectivity index (χ1v) is 9.74. The zero-order valence-electron chi connectivity index (χ0n) is 15.1. The molecule has 23 heavy (non-hydrogen) atoms. The van der Waals surface area contributed by atoms with E-state index >= 15 is 0 Å². The Kier molecular flexibility index (Phi) is 17.3. The average Bonchev–Trinajstić information content (AvgIpc) is 2.56. The molecule has 0 aromatic carbocycles. The lowest BCUT2D eigenvalue weighted by Crippen LogP contribution is -2.42. The second-order valence-corrected chi connectivity index (χ2v) is 6.67. The van der Waals surface area contributed by atoms with E-state index in [2.05, 4.69) is 12.2 Å². The Morgan fingerprint density at radius 3 is 1.65 bits per heavy atom. The number of aliphatic hydroxyl groups excluding tert-OH is 2. The van der Waals surface area contributed by atoms with Gasteiger partial charge in [-0.05, 0) is 6.42 Å². The molecule has 0 rings (SSSR count). The summed E-state index contributed by atoms with van der Waals surface area (Å²) in [4.78, 5) is 10.3. The third-order valence-electron chi connectivity index (χ3n) is 4.55. The fourth-order valence-electron chi connectivity index (χ4n) is 2.95. The summed E-state index contributed by atoms with van der Waals surface area (Å²) in [5, 5.41) is 21.3. The molecule has 0 aromatic rings. The zero-order valence-corrected chi connectivity index (χ0v) is 15.1. The predicted octanol–water partition coefficient (Wildman–Crippen LogP) is 3.94. The molecule has 0 aliphatic carbocycles. The highest BCUT2D eigenvalue weighted by atomic mass is 16.3. The van der Waals surface area contributed by atoms with Crippen LogP contribution in [-0.2, 0) is 4.79 Å². The van der Waals surface area contributed by atoms with E-state index in [0.717, 1.165) is 12.8 Å². The van der Waals surface area contributed by atoms with Crippen LogP contribution in [0.4, 0.5) is 0 Å². The molecule has 0 heterocycles. The summed E-state index contributed by atoms with van der Waals surface area (Å²) >= 11 is 0. The highest BCUT2D eigenvalue weighted by Gasteiger charge is 2.16. The lowest BCUT2D eigenvalue weighted by Gasteiger charge is -2.19. The van der Waals surface area contributed by atoms with Crippen LogP contribution < -0.4 is 5.32 Å². The van der Waals surface area contributed by atoms with E-state index in [9.17, 15) is 9.90 Å². The minimum Gasteiger partial charge on any atom is -0.394 e. The molecule has 1 amide bonds. The van der Waals surface area contributed by atoms with Crippen molar-refractivity contribution in [2.75, 3.05) is 6.61 Å². The second-order valence-electron chi connectivity index (χ2n) is 6.67. The van der Waals surface area contributed by atoms with Crippen molar-refractivity contribution in [2.45, 2.75) is 109 Å². The maximum absolute atomic E-state index is 10.3. The number of rotatable bonds is 18. The maximum atomic E-state index is 10.3. The van der Waals surface area contributed by atoms with Gasteiger partial charge in [0.15, 0.2) is 0 Å². The average molecular weight is 330 g/mol. The van der Waals surface area contributed by atoms with Crippen molar-refractivity contribution in [3.8, 4) is 0 Å². The minimum atomic E-state index is -0.641. The molecular formula is C19H39NO3. The lowest BCUT2D eigenvalue weighted by atomic mass is 10.0. The molecule has 2 unspecified atom stereocenters. The maximum Gasteiger partial charge on any atom is 0.207 e. The Morgan fingerprint density at radius 2 is 1.26 bits per heavy atom. The van der Waals surface area contributed by atoms with Crippen molar-refractivity contribution in [3.05, 3.63) is 0 Å². The largest absolute Gasteiger partial charge is 0.394 e. The molecule has 138 valence electrons. The van der Waals surface area contributed by atoms with E-state index in [0.29, 0.717) is 12.8 Å². The number of amides is 1. The first-order valence-electron chi connectivity index (χ1n) is 9.74. The van der Waals surface area contributed by atoms with Crippen LogP contribution >= 0.6 is 0 Å². The van der Waals surface area contributed by atoms with Gasteiger partial charge in [-0.3, -0.25) is 4.79 Å². The van der Waals surface area contributed by atoms with Crippen LogP contribution in [0, 0.1) is 0 Å². The summed E-state index contributed by atoms with van der Waals surface area (Å²) in [5.74, 6) is 0. The van der Waals surface area contributed by atoms with Crippen LogP contribution in [0.2, 0.25) is 0 Å². The van der Waals surface area contributed by atoms with Crippen molar-refractivity contribution >= 4 is 6.41 Å². The van der Waals surface area contributed by atoms with E-state index in [1.54, 1.807) is 0 Å². The van der Waals surface area contributed by atoms with E-state index in [1.165, 1.54) is 70.6 Å². The SMILES string of the molecule is CCCCCCCCCCCCCCCC(O)C(CO)NC=O. The number of carbonyl (C=O) groups excluding carboxylic acids is 1. The van der Waals surface area contributed by atoms with E-state index < -0.39 is 12.1 Å². The van der Waals surface area contributed by atoms with Gasteiger partial charge in [0, 0.05) is 0 Å². The first kappa shape index (κ1) is 22.4. The molecule has 0 saturated carbocycles. The van der Waals surface area contributed by atoms with Gasteiger partial charge in [-0.15, -0.1) is 0 Å². The molecule has 0 spiro atoms. The van der Waals surface area contributed by atoms with Crippen LogP contribution in [0.15, 0.2) is 0 Å². The summed E-state index contributed by atoms with van der Waals surface area (Å²) in [7, 11) is 0. The third-order valence-corrected chi connectivity index (χ3v) is 4.55. The van der Waals surface area contributed by atoms with Crippen LogP contribution in [0.5, 0.6) is 0 Å². The normalized spacial score (nSPS) is 13.7. The van der Waals surface area contributed by atoms with Gasteiger partial charge >= 0.3 is 0 Å². The molecule has 2 atom stereocenters. The number of aliphatic hydroxyl groups is 2. The van der Waals surface area contributed by atoms with Gasteiger partial charge in [-0.2, -0.15) is 0 Å². The van der Waals surface area contributed by atoms with Crippen molar-refractivity contribution < 1.29 is 15.0 Å². The van der Waals surface area contributed by atoms with Gasteiger partial charge in [-0.1, -0.05) is 90.4 Å². The minimum absolute atomic E-state index is 0.210. The highest BCUT2D eigenvalue weighted by molar-refractivity contribution is 5.46. The standard InChI is InChI=1S/C19H39NO3/c1-2-3-4-5-6-7-8-9-10-11-12-13-14-15-19(23)18(16-21)20-17-22/h17-19,21,23H,2-16H2,1H3,(H,20,22). The third kappa shape index (κ3) is 14.7. The fourth-order valence-corrected chi connectivity index (χ4v) is 2.95. The molecule has 0 aliphatic rings. The summed E-state index contributed by atoms with van der Waals surface area (Å²) < 4.78 is 0. The van der Waals surface area contributed by atoms with Crippen molar-refractivity contribution in [1.82, 2.24) is 5.32 Å². The Bertz CT molecular complexity index is 249. The molecule has 4 heteroatoms. The Morgan fingerprint density at radius 1 is 0.826 bits per heavy atom. The number of nitrogens with one attached hydrogen (secondary N) is 1.